The van der Waals surface area contributed by atoms with Crippen molar-refractivity contribution in [2.45, 2.75) is 51.2 Å². The molecule has 186 valence electrons. The minimum absolute atomic E-state index is 0.0372. The number of rotatable bonds is 8. The highest BCUT2D eigenvalue weighted by Gasteiger charge is 2.38. The van der Waals surface area contributed by atoms with Crippen LogP contribution in [0.5, 0.6) is 0 Å². The van der Waals surface area contributed by atoms with E-state index in [1.54, 1.807) is 29.2 Å². The monoisotopic (exact) mass is 512 g/mol. The van der Waals surface area contributed by atoms with Gasteiger partial charge >= 0.3 is 6.18 Å². The van der Waals surface area contributed by atoms with E-state index < -0.39 is 18.0 Å². The van der Waals surface area contributed by atoms with Crippen LogP contribution in [-0.2, 0) is 17.4 Å². The molecule has 1 atom stereocenters. The lowest BCUT2D eigenvalue weighted by Crippen LogP contribution is -2.37. The Kier molecular flexibility index (Phi) is 7.50. The summed E-state index contributed by atoms with van der Waals surface area (Å²) in [6, 6.07) is 13.3. The smallest absolute Gasteiger partial charge is 0.346 e. The van der Waals surface area contributed by atoms with Crippen molar-refractivity contribution in [3.63, 3.8) is 0 Å². The molecule has 1 fully saturated rings. The Morgan fingerprint density at radius 1 is 1.17 bits per heavy atom. The topological polar surface area (TPSA) is 87.0 Å². The fraction of sp³-hybridized carbons (Fsp3) is 0.346. The number of Topliss-reactive ketones (excluding diaryl/α,β-unsaturated/α-hetero) is 2. The number of hydrogen-bond donors (Lipinski definition) is 0. The Labute approximate surface area is 210 Å². The van der Waals surface area contributed by atoms with Crippen LogP contribution in [0.3, 0.4) is 0 Å². The Bertz CT molecular complexity index is 1310. The zero-order valence-electron chi connectivity index (χ0n) is 19.5. The Balaban J connectivity index is 1.53. The van der Waals surface area contributed by atoms with Gasteiger partial charge in [0, 0.05) is 19.0 Å². The first-order valence-corrected chi connectivity index (χ1v) is 12.3. The second-order valence-electron chi connectivity index (χ2n) is 8.63. The number of thiophene rings is 1. The molecule has 0 aliphatic carbocycles. The Hall–Kier alpha value is -3.58. The number of carbonyl (C=O) groups is 2. The van der Waals surface area contributed by atoms with E-state index in [1.807, 2.05) is 12.1 Å². The average Bonchev–Trinajstić information content (AvgIpc) is 3.54. The van der Waals surface area contributed by atoms with Crippen LogP contribution in [0.2, 0.25) is 0 Å². The van der Waals surface area contributed by atoms with E-state index in [0.717, 1.165) is 16.9 Å². The first-order valence-electron chi connectivity index (χ1n) is 11.5. The summed E-state index contributed by atoms with van der Waals surface area (Å²) in [5.41, 5.74) is 1.66. The zero-order valence-corrected chi connectivity index (χ0v) is 20.3. The summed E-state index contributed by atoms with van der Waals surface area (Å²) in [5, 5.41) is 8.90. The molecule has 4 rings (SSSR count). The molecular weight excluding hydrogens is 489 g/mol. The molecule has 6 nitrogen and oxygen atoms in total. The number of ketones is 2. The number of aryl methyl sites for hydroxylation is 1. The van der Waals surface area contributed by atoms with Gasteiger partial charge in [-0.1, -0.05) is 12.1 Å². The maximum absolute atomic E-state index is 13.6. The first-order chi connectivity index (χ1) is 17.2. The number of nitriles is 1. The highest BCUT2D eigenvalue weighted by atomic mass is 32.1. The molecule has 0 N–H and O–H groups in total. The van der Waals surface area contributed by atoms with E-state index in [9.17, 15) is 22.8 Å². The minimum Gasteiger partial charge on any atom is -0.346 e. The second kappa shape index (κ2) is 10.6. The third-order valence-electron chi connectivity index (χ3n) is 6.06. The molecular formula is C26H23F3N4O2S. The van der Waals surface area contributed by atoms with Gasteiger partial charge < -0.3 is 4.90 Å². The van der Waals surface area contributed by atoms with Crippen molar-refractivity contribution in [1.29, 1.82) is 5.26 Å². The third kappa shape index (κ3) is 5.79. The van der Waals surface area contributed by atoms with Crippen molar-refractivity contribution in [2.75, 3.05) is 11.4 Å². The van der Waals surface area contributed by atoms with E-state index in [4.69, 9.17) is 5.26 Å². The molecule has 0 amide bonds. The predicted molar refractivity (Wildman–Crippen MR) is 130 cm³/mol. The fourth-order valence-electron chi connectivity index (χ4n) is 4.25. The van der Waals surface area contributed by atoms with Crippen molar-refractivity contribution in [2.24, 2.45) is 0 Å². The predicted octanol–water partition coefficient (Wildman–Crippen LogP) is 5.86. The molecule has 1 saturated heterocycles. The Morgan fingerprint density at radius 2 is 1.92 bits per heavy atom. The lowest BCUT2D eigenvalue weighted by Gasteiger charge is -2.25. The third-order valence-corrected chi connectivity index (χ3v) is 7.27. The molecule has 1 aromatic carbocycles. The van der Waals surface area contributed by atoms with Crippen LogP contribution in [0.1, 0.15) is 59.2 Å². The summed E-state index contributed by atoms with van der Waals surface area (Å²) in [6.45, 7) is 1.81. The molecule has 1 aliphatic heterocycles. The SMILES string of the molecule is CC(=O)c1ccc(-c2cc(N3CCC[C@H]3C(=O)CCCc3ccc(C#N)cc3)nc(C(F)(F)F)n2)s1. The number of anilines is 1. The van der Waals surface area contributed by atoms with Crippen LogP contribution < -0.4 is 4.90 Å². The molecule has 1 aliphatic rings. The normalized spacial score (nSPS) is 15.6. The van der Waals surface area contributed by atoms with Gasteiger partial charge in [0.2, 0.25) is 5.82 Å². The van der Waals surface area contributed by atoms with Crippen LogP contribution in [0.15, 0.2) is 42.5 Å². The van der Waals surface area contributed by atoms with E-state index in [2.05, 4.69) is 16.0 Å². The van der Waals surface area contributed by atoms with Gasteiger partial charge in [0.25, 0.3) is 0 Å². The summed E-state index contributed by atoms with van der Waals surface area (Å²) < 4.78 is 40.9. The van der Waals surface area contributed by atoms with E-state index in [0.29, 0.717) is 47.5 Å². The number of carbonyl (C=O) groups excluding carboxylic acids is 2. The van der Waals surface area contributed by atoms with Crippen molar-refractivity contribution in [3.8, 4) is 16.6 Å². The molecule has 10 heteroatoms. The van der Waals surface area contributed by atoms with Crippen molar-refractivity contribution >= 4 is 28.7 Å². The number of aromatic nitrogens is 2. The highest BCUT2D eigenvalue weighted by Crippen LogP contribution is 2.35. The summed E-state index contributed by atoms with van der Waals surface area (Å²) >= 11 is 1.07. The number of benzene rings is 1. The summed E-state index contributed by atoms with van der Waals surface area (Å²) in [6.07, 6.45) is -1.99. The quantitative estimate of drug-likeness (QED) is 0.352. The van der Waals surface area contributed by atoms with E-state index in [1.165, 1.54) is 13.0 Å². The molecule has 2 aromatic heterocycles. The van der Waals surface area contributed by atoms with E-state index >= 15 is 0 Å². The van der Waals surface area contributed by atoms with E-state index in [-0.39, 0.29) is 29.5 Å². The van der Waals surface area contributed by atoms with Gasteiger partial charge in [-0.3, -0.25) is 9.59 Å². The van der Waals surface area contributed by atoms with Crippen LogP contribution in [0.25, 0.3) is 10.6 Å². The minimum atomic E-state index is -4.76. The number of alkyl halides is 3. The van der Waals surface area contributed by atoms with Crippen LogP contribution in [-0.4, -0.2) is 34.1 Å². The van der Waals surface area contributed by atoms with Gasteiger partial charge in [-0.25, -0.2) is 9.97 Å². The molecule has 0 radical (unpaired) electrons. The van der Waals surface area contributed by atoms with Gasteiger partial charge in [0.1, 0.15) is 5.82 Å². The summed E-state index contributed by atoms with van der Waals surface area (Å²) in [7, 11) is 0. The summed E-state index contributed by atoms with van der Waals surface area (Å²) in [4.78, 5) is 34.7. The molecule has 0 saturated carbocycles. The highest BCUT2D eigenvalue weighted by molar-refractivity contribution is 7.17. The molecule has 0 bridgehead atoms. The average molecular weight is 513 g/mol. The van der Waals surface area contributed by atoms with Crippen molar-refractivity contribution in [1.82, 2.24) is 9.97 Å². The van der Waals surface area contributed by atoms with Gasteiger partial charge in [-0.15, -0.1) is 11.3 Å². The van der Waals surface area contributed by atoms with Gasteiger partial charge in [-0.2, -0.15) is 18.4 Å². The number of hydrogen-bond acceptors (Lipinski definition) is 7. The number of halogens is 3. The van der Waals surface area contributed by atoms with Gasteiger partial charge in [-0.05, 0) is 62.4 Å². The van der Waals surface area contributed by atoms with Crippen LogP contribution in [0.4, 0.5) is 19.0 Å². The van der Waals surface area contributed by atoms with Gasteiger partial charge in [0.15, 0.2) is 11.6 Å². The van der Waals surface area contributed by atoms with Gasteiger partial charge in [0.05, 0.1) is 33.1 Å². The molecule has 0 unspecified atom stereocenters. The maximum Gasteiger partial charge on any atom is 0.451 e. The van der Waals surface area contributed by atoms with Crippen LogP contribution in [0, 0.1) is 11.3 Å². The number of nitrogens with zero attached hydrogens (tertiary/aromatic N) is 4. The Morgan fingerprint density at radius 3 is 2.56 bits per heavy atom. The van der Waals surface area contributed by atoms with Crippen molar-refractivity contribution in [3.05, 3.63) is 64.3 Å². The standard InChI is InChI=1S/C26H23F3N4O2S/c1-16(34)22-11-12-23(36-22)19-14-24(32-25(31-19)26(27,28)29)33-13-3-5-20(33)21(35)6-2-4-17-7-9-18(15-30)10-8-17/h7-12,14,20H,2-6,13H2,1H3/t20-/m0/s1. The first kappa shape index (κ1) is 25.5. The fourth-order valence-corrected chi connectivity index (χ4v) is 5.12. The van der Waals surface area contributed by atoms with Crippen molar-refractivity contribution < 1.29 is 22.8 Å². The molecule has 3 heterocycles. The molecule has 3 aromatic rings. The van der Waals surface area contributed by atoms with Crippen LogP contribution >= 0.6 is 11.3 Å². The molecule has 36 heavy (non-hydrogen) atoms. The maximum atomic E-state index is 13.6. The second-order valence-corrected chi connectivity index (χ2v) is 9.72. The lowest BCUT2D eigenvalue weighted by atomic mass is 10.0. The largest absolute Gasteiger partial charge is 0.451 e. The lowest BCUT2D eigenvalue weighted by molar-refractivity contribution is -0.144. The summed E-state index contributed by atoms with van der Waals surface area (Å²) in [5.74, 6) is -1.42. The zero-order chi connectivity index (χ0) is 25.9. The molecule has 0 spiro atoms.